The third-order valence-corrected chi connectivity index (χ3v) is 7.30. The zero-order valence-corrected chi connectivity index (χ0v) is 22.7. The van der Waals surface area contributed by atoms with Gasteiger partial charge in [-0.25, -0.2) is 4.79 Å². The lowest BCUT2D eigenvalue weighted by Crippen LogP contribution is -2.47. The van der Waals surface area contributed by atoms with Gasteiger partial charge in [0.1, 0.15) is 23.7 Å². The van der Waals surface area contributed by atoms with Crippen LogP contribution in [0.1, 0.15) is 48.5 Å². The van der Waals surface area contributed by atoms with Crippen LogP contribution in [0, 0.1) is 25.7 Å². The molecular weight excluding hydrogens is 474 g/mol. The number of hydrogen-bond donors (Lipinski definition) is 2. The van der Waals surface area contributed by atoms with Crippen molar-refractivity contribution >= 4 is 23.3 Å². The maximum Gasteiger partial charge on any atom is 0.323 e. The molecule has 2 N–H and O–H groups in total. The number of aromatic nitrogens is 1. The molecule has 4 rings (SSSR count). The van der Waals surface area contributed by atoms with Gasteiger partial charge in [0, 0.05) is 51.6 Å². The van der Waals surface area contributed by atoms with Gasteiger partial charge in [0.2, 0.25) is 0 Å². The van der Waals surface area contributed by atoms with Crippen molar-refractivity contribution in [3.8, 4) is 5.75 Å². The molecule has 3 amide bonds. The number of methoxy groups -OCH3 is 1. The largest absolute Gasteiger partial charge is 0.491 e. The summed E-state index contributed by atoms with van der Waals surface area (Å²) < 4.78 is 17.2. The van der Waals surface area contributed by atoms with Crippen LogP contribution in [0.3, 0.4) is 0 Å². The zero-order valence-electron chi connectivity index (χ0n) is 22.7. The van der Waals surface area contributed by atoms with E-state index in [0.717, 1.165) is 19.0 Å². The Bertz CT molecular complexity index is 1100. The van der Waals surface area contributed by atoms with E-state index in [0.29, 0.717) is 47.3 Å². The van der Waals surface area contributed by atoms with Crippen molar-refractivity contribution in [3.05, 3.63) is 35.2 Å². The molecule has 0 unspecified atom stereocenters. The van der Waals surface area contributed by atoms with E-state index in [9.17, 15) is 9.59 Å². The van der Waals surface area contributed by atoms with Gasteiger partial charge in [-0.3, -0.25) is 9.69 Å². The molecule has 0 bridgehead atoms. The molecule has 10 heteroatoms. The van der Waals surface area contributed by atoms with E-state index in [4.69, 9.17) is 14.0 Å². The highest BCUT2D eigenvalue weighted by Crippen LogP contribution is 2.32. The van der Waals surface area contributed by atoms with Gasteiger partial charge in [0.15, 0.2) is 5.76 Å². The number of hydrogen-bond acceptors (Lipinski definition) is 7. The molecule has 202 valence electrons. The lowest BCUT2D eigenvalue weighted by molar-refractivity contribution is 0.00994. The van der Waals surface area contributed by atoms with Crippen molar-refractivity contribution in [2.24, 2.45) is 11.8 Å². The molecule has 37 heavy (non-hydrogen) atoms. The maximum atomic E-state index is 13.4. The third kappa shape index (κ3) is 6.61. The Hall–Kier alpha value is -3.11. The Balaban J connectivity index is 1.57. The van der Waals surface area contributed by atoms with E-state index in [2.05, 4.69) is 34.5 Å². The fourth-order valence-corrected chi connectivity index (χ4v) is 4.75. The van der Waals surface area contributed by atoms with Crippen LogP contribution in [-0.2, 0) is 4.74 Å². The topological polar surface area (TPSA) is 109 Å². The van der Waals surface area contributed by atoms with Gasteiger partial charge in [-0.15, -0.1) is 0 Å². The number of fused-ring (bicyclic) bond motifs is 1. The van der Waals surface area contributed by atoms with Crippen molar-refractivity contribution in [1.82, 2.24) is 15.0 Å². The number of likely N-dealkylation sites (N-methyl/N-ethyl adjacent to an activating group) is 1. The molecule has 1 fully saturated rings. The van der Waals surface area contributed by atoms with Gasteiger partial charge < -0.3 is 29.5 Å². The standard InChI is InChI=1S/C27H39N5O5/c1-16-12-32(13-20-7-8-20)17(2)15-36-23-11-21(28-27(34)29-25-18(3)30-37-19(25)4)9-10-22(23)26(33)31(5)14-24(16)35-6/h9-11,16-17,20,24H,7-8,12-15H2,1-6H3,(H2,28,29,34)/t16-,17+,24+/m0/s1. The van der Waals surface area contributed by atoms with Crippen LogP contribution >= 0.6 is 0 Å². The van der Waals surface area contributed by atoms with Gasteiger partial charge in [0.25, 0.3) is 5.91 Å². The highest BCUT2D eigenvalue weighted by atomic mass is 16.5. The molecule has 0 spiro atoms. The first kappa shape index (κ1) is 26.9. The lowest BCUT2D eigenvalue weighted by Gasteiger charge is -2.36. The van der Waals surface area contributed by atoms with Crippen molar-refractivity contribution in [1.29, 1.82) is 0 Å². The first-order valence-electron chi connectivity index (χ1n) is 13.0. The number of benzene rings is 1. The number of aryl methyl sites for hydroxylation is 2. The summed E-state index contributed by atoms with van der Waals surface area (Å²) in [5.41, 5.74) is 2.08. The second-order valence-electron chi connectivity index (χ2n) is 10.5. The average molecular weight is 514 g/mol. The number of carbonyl (C=O) groups excluding carboxylic acids is 2. The second-order valence-corrected chi connectivity index (χ2v) is 10.5. The van der Waals surface area contributed by atoms with Crippen LogP contribution < -0.4 is 15.4 Å². The van der Waals surface area contributed by atoms with Gasteiger partial charge >= 0.3 is 6.03 Å². The number of amides is 3. The van der Waals surface area contributed by atoms with Crippen molar-refractivity contribution in [2.45, 2.75) is 52.7 Å². The summed E-state index contributed by atoms with van der Waals surface area (Å²) in [5, 5.41) is 9.44. The van der Waals surface area contributed by atoms with Crippen molar-refractivity contribution in [2.75, 3.05) is 51.0 Å². The summed E-state index contributed by atoms with van der Waals surface area (Å²) in [6.45, 7) is 10.6. The molecule has 2 aliphatic rings. The number of rotatable bonds is 5. The summed E-state index contributed by atoms with van der Waals surface area (Å²) in [4.78, 5) is 30.2. The van der Waals surface area contributed by atoms with Gasteiger partial charge in [-0.05, 0) is 57.6 Å². The molecule has 1 aromatic heterocycles. The number of ether oxygens (including phenoxy) is 2. The normalized spacial score (nSPS) is 23.5. The summed E-state index contributed by atoms with van der Waals surface area (Å²) in [5.74, 6) is 1.80. The molecule has 1 aliphatic carbocycles. The minimum absolute atomic E-state index is 0.0828. The smallest absolute Gasteiger partial charge is 0.323 e. The van der Waals surface area contributed by atoms with Crippen LogP contribution in [0.15, 0.2) is 22.7 Å². The Labute approximate surface area is 218 Å². The third-order valence-electron chi connectivity index (χ3n) is 7.30. The Morgan fingerprint density at radius 1 is 1.19 bits per heavy atom. The van der Waals surface area contributed by atoms with E-state index in [-0.39, 0.29) is 24.0 Å². The first-order chi connectivity index (χ1) is 17.7. The fraction of sp³-hybridized carbons (Fsp3) is 0.593. The van der Waals surface area contributed by atoms with Crippen molar-refractivity contribution < 1.29 is 23.6 Å². The molecule has 2 heterocycles. The van der Waals surface area contributed by atoms with Gasteiger partial charge in [-0.1, -0.05) is 12.1 Å². The molecule has 0 radical (unpaired) electrons. The SMILES string of the molecule is CO[C@@H]1CN(C)C(=O)c2ccc(NC(=O)Nc3c(C)noc3C)cc2OC[C@@H](C)N(CC2CC2)C[C@@H]1C. The van der Waals surface area contributed by atoms with Crippen LogP contribution in [0.2, 0.25) is 0 Å². The Morgan fingerprint density at radius 3 is 2.59 bits per heavy atom. The van der Waals surface area contributed by atoms with Crippen LogP contribution in [0.25, 0.3) is 0 Å². The first-order valence-corrected chi connectivity index (χ1v) is 13.0. The lowest BCUT2D eigenvalue weighted by atomic mass is 10.0. The molecular formula is C27H39N5O5. The summed E-state index contributed by atoms with van der Waals surface area (Å²) in [7, 11) is 3.49. The Morgan fingerprint density at radius 2 is 1.95 bits per heavy atom. The number of urea groups is 1. The minimum Gasteiger partial charge on any atom is -0.491 e. The predicted octanol–water partition coefficient (Wildman–Crippen LogP) is 4.15. The highest BCUT2D eigenvalue weighted by molar-refractivity contribution is 6.02. The Kier molecular flexibility index (Phi) is 8.39. The quantitative estimate of drug-likeness (QED) is 0.618. The second kappa shape index (κ2) is 11.5. The van der Waals surface area contributed by atoms with E-state index >= 15 is 0 Å². The van der Waals surface area contributed by atoms with Crippen molar-refractivity contribution in [3.63, 3.8) is 0 Å². The van der Waals surface area contributed by atoms with E-state index in [1.54, 1.807) is 51.1 Å². The molecule has 1 saturated carbocycles. The summed E-state index contributed by atoms with van der Waals surface area (Å²) in [6, 6.07) is 4.82. The predicted molar refractivity (Wildman–Crippen MR) is 141 cm³/mol. The number of nitrogens with zero attached hydrogens (tertiary/aromatic N) is 3. The molecule has 10 nitrogen and oxygen atoms in total. The minimum atomic E-state index is -0.438. The van der Waals surface area contributed by atoms with Crippen LogP contribution in [0.4, 0.5) is 16.2 Å². The zero-order chi connectivity index (χ0) is 26.7. The number of anilines is 2. The summed E-state index contributed by atoms with van der Waals surface area (Å²) in [6.07, 6.45) is 2.47. The highest BCUT2D eigenvalue weighted by Gasteiger charge is 2.31. The van der Waals surface area contributed by atoms with E-state index < -0.39 is 6.03 Å². The molecule has 1 aromatic carbocycles. The molecule has 2 aromatic rings. The van der Waals surface area contributed by atoms with Gasteiger partial charge in [-0.2, -0.15) is 0 Å². The molecule has 3 atom stereocenters. The fourth-order valence-electron chi connectivity index (χ4n) is 4.75. The summed E-state index contributed by atoms with van der Waals surface area (Å²) >= 11 is 0. The van der Waals surface area contributed by atoms with Gasteiger partial charge in [0.05, 0.1) is 11.7 Å². The van der Waals surface area contributed by atoms with Crippen LogP contribution in [-0.4, -0.2) is 79.4 Å². The number of nitrogens with one attached hydrogen (secondary N) is 2. The maximum absolute atomic E-state index is 13.4. The molecule has 0 saturated heterocycles. The van der Waals surface area contributed by atoms with E-state index in [1.807, 2.05) is 0 Å². The van der Waals surface area contributed by atoms with Crippen LogP contribution in [0.5, 0.6) is 5.75 Å². The average Bonchev–Trinajstić information content (AvgIpc) is 3.64. The van der Waals surface area contributed by atoms with E-state index in [1.165, 1.54) is 12.8 Å². The monoisotopic (exact) mass is 513 g/mol. The molecule has 1 aliphatic heterocycles. The number of carbonyl (C=O) groups is 2.